The van der Waals surface area contributed by atoms with Crippen LogP contribution in [0, 0.1) is 0 Å². The summed E-state index contributed by atoms with van der Waals surface area (Å²) in [5.74, 6) is 0. The van der Waals surface area contributed by atoms with Crippen LogP contribution in [0.25, 0.3) is 0 Å². The smallest absolute Gasteiger partial charge is 0.130 e. The van der Waals surface area contributed by atoms with Gasteiger partial charge in [-0.3, -0.25) is 0 Å². The van der Waals surface area contributed by atoms with Crippen molar-refractivity contribution in [2.45, 2.75) is 38.8 Å². The van der Waals surface area contributed by atoms with Gasteiger partial charge in [0.05, 0.1) is 0 Å². The molecule has 1 heterocycles. The third-order valence-electron chi connectivity index (χ3n) is 2.98. The Balaban J connectivity index is 2.36. The molecule has 0 aromatic heterocycles. The van der Waals surface area contributed by atoms with E-state index in [0.717, 1.165) is 24.2 Å². The minimum absolute atomic E-state index is 0.760. The Hall–Kier alpha value is -1.05. The molecule has 0 spiro atoms. The van der Waals surface area contributed by atoms with Crippen molar-refractivity contribution in [3.05, 3.63) is 29.3 Å². The number of fused-ring (bicyclic) bond motifs is 1. The van der Waals surface area contributed by atoms with Crippen molar-refractivity contribution >= 4 is 5.69 Å². The van der Waals surface area contributed by atoms with Crippen LogP contribution in [-0.2, 0) is 12.1 Å². The fourth-order valence-corrected chi connectivity index (χ4v) is 1.99. The van der Waals surface area contributed by atoms with Crippen molar-refractivity contribution in [1.82, 2.24) is 0 Å². The maximum Gasteiger partial charge on any atom is 0.130 e. The molecule has 0 fully saturated rings. The van der Waals surface area contributed by atoms with E-state index < -0.39 is 5.67 Å². The van der Waals surface area contributed by atoms with Crippen molar-refractivity contribution in [2.75, 3.05) is 11.9 Å². The van der Waals surface area contributed by atoms with Gasteiger partial charge < -0.3 is 5.32 Å². The van der Waals surface area contributed by atoms with E-state index in [1.165, 1.54) is 18.4 Å². The number of benzene rings is 1. The third-order valence-corrected chi connectivity index (χ3v) is 2.98. The number of rotatable bonds is 1. The highest BCUT2D eigenvalue weighted by molar-refractivity contribution is 5.54. The van der Waals surface area contributed by atoms with Gasteiger partial charge in [-0.2, -0.15) is 0 Å². The summed E-state index contributed by atoms with van der Waals surface area (Å²) in [7, 11) is 0. The van der Waals surface area contributed by atoms with Crippen molar-refractivity contribution in [1.29, 1.82) is 0 Å². The number of nitrogens with one attached hydrogen (secondary N) is 1. The van der Waals surface area contributed by atoms with Gasteiger partial charge in [-0.15, -0.1) is 0 Å². The molecule has 0 bridgehead atoms. The predicted molar refractivity (Wildman–Crippen MR) is 62.0 cm³/mol. The van der Waals surface area contributed by atoms with Crippen LogP contribution in [0.4, 0.5) is 10.1 Å². The summed E-state index contributed by atoms with van der Waals surface area (Å²) in [6.07, 6.45) is 3.52. The lowest BCUT2D eigenvalue weighted by Gasteiger charge is -2.17. The van der Waals surface area contributed by atoms with Gasteiger partial charge in [-0.25, -0.2) is 4.39 Å². The molecular formula is C13H18FN. The van der Waals surface area contributed by atoms with Gasteiger partial charge in [0, 0.05) is 12.2 Å². The van der Waals surface area contributed by atoms with Gasteiger partial charge in [-0.1, -0.05) is 12.1 Å². The second-order valence-electron chi connectivity index (χ2n) is 4.73. The summed E-state index contributed by atoms with van der Waals surface area (Å²) >= 11 is 0. The Kier molecular flexibility index (Phi) is 2.68. The SMILES string of the molecule is CC(C)(F)c1ccc2c(c1)NCCCC2. The van der Waals surface area contributed by atoms with E-state index in [1.807, 2.05) is 12.1 Å². The van der Waals surface area contributed by atoms with E-state index >= 15 is 0 Å². The number of halogens is 1. The molecule has 1 aromatic carbocycles. The molecule has 0 saturated heterocycles. The largest absolute Gasteiger partial charge is 0.385 e. The van der Waals surface area contributed by atoms with Gasteiger partial charge >= 0.3 is 0 Å². The maximum atomic E-state index is 13.8. The van der Waals surface area contributed by atoms with Crippen molar-refractivity contribution in [3.63, 3.8) is 0 Å². The lowest BCUT2D eigenvalue weighted by atomic mass is 9.96. The highest BCUT2D eigenvalue weighted by Crippen LogP contribution is 2.30. The Morgan fingerprint density at radius 2 is 2.07 bits per heavy atom. The first-order valence-corrected chi connectivity index (χ1v) is 5.63. The summed E-state index contributed by atoms with van der Waals surface area (Å²) < 4.78 is 13.8. The zero-order chi connectivity index (χ0) is 10.9. The molecule has 82 valence electrons. The van der Waals surface area contributed by atoms with Crippen LogP contribution in [-0.4, -0.2) is 6.54 Å². The van der Waals surface area contributed by atoms with Crippen LogP contribution in [0.5, 0.6) is 0 Å². The predicted octanol–water partition coefficient (Wildman–Crippen LogP) is 3.64. The fourth-order valence-electron chi connectivity index (χ4n) is 1.99. The topological polar surface area (TPSA) is 12.0 Å². The number of anilines is 1. The molecule has 1 aliphatic rings. The van der Waals surface area contributed by atoms with Crippen LogP contribution in [0.3, 0.4) is 0 Å². The Morgan fingerprint density at radius 3 is 2.80 bits per heavy atom. The quantitative estimate of drug-likeness (QED) is 0.741. The van der Waals surface area contributed by atoms with Crippen molar-refractivity contribution in [3.8, 4) is 0 Å². The highest BCUT2D eigenvalue weighted by atomic mass is 19.1. The molecule has 1 aromatic rings. The van der Waals surface area contributed by atoms with E-state index in [0.29, 0.717) is 0 Å². The first kappa shape index (κ1) is 10.5. The molecule has 1 N–H and O–H groups in total. The number of alkyl halides is 1. The van der Waals surface area contributed by atoms with Crippen molar-refractivity contribution in [2.24, 2.45) is 0 Å². The molecule has 1 aliphatic heterocycles. The highest BCUT2D eigenvalue weighted by Gasteiger charge is 2.20. The Bertz CT molecular complexity index is 352. The molecule has 0 unspecified atom stereocenters. The molecule has 0 amide bonds. The zero-order valence-electron chi connectivity index (χ0n) is 9.44. The van der Waals surface area contributed by atoms with E-state index in [1.54, 1.807) is 13.8 Å². The average Bonchev–Trinajstić information content (AvgIpc) is 2.39. The minimum Gasteiger partial charge on any atom is -0.385 e. The maximum absolute atomic E-state index is 13.8. The standard InChI is InChI=1S/C13H18FN/c1-13(2,14)11-7-6-10-5-3-4-8-15-12(10)9-11/h6-7,9,15H,3-5,8H2,1-2H3. The van der Waals surface area contributed by atoms with Crippen LogP contribution in [0.1, 0.15) is 37.8 Å². The van der Waals surface area contributed by atoms with Gasteiger partial charge in [0.25, 0.3) is 0 Å². The summed E-state index contributed by atoms with van der Waals surface area (Å²) in [5, 5.41) is 3.37. The normalized spacial score (nSPS) is 16.5. The lowest BCUT2D eigenvalue weighted by molar-refractivity contribution is 0.221. The van der Waals surface area contributed by atoms with Gasteiger partial charge in [0.2, 0.25) is 0 Å². The second kappa shape index (κ2) is 3.84. The van der Waals surface area contributed by atoms with Gasteiger partial charge in [0.1, 0.15) is 5.67 Å². The molecule has 2 rings (SSSR count). The summed E-state index contributed by atoms with van der Waals surface area (Å²) in [6.45, 7) is 4.21. The molecular weight excluding hydrogens is 189 g/mol. The molecule has 1 nitrogen and oxygen atoms in total. The van der Waals surface area contributed by atoms with Gasteiger partial charge in [0.15, 0.2) is 0 Å². The van der Waals surface area contributed by atoms with E-state index in [2.05, 4.69) is 11.4 Å². The first-order chi connectivity index (χ1) is 7.07. The molecule has 2 heteroatoms. The Labute approximate surface area is 90.7 Å². The van der Waals surface area contributed by atoms with E-state index in [4.69, 9.17) is 0 Å². The lowest BCUT2D eigenvalue weighted by Crippen LogP contribution is -2.10. The zero-order valence-corrected chi connectivity index (χ0v) is 9.44. The van der Waals surface area contributed by atoms with Crippen LogP contribution in [0.15, 0.2) is 18.2 Å². The molecule has 0 radical (unpaired) electrons. The molecule has 0 aliphatic carbocycles. The first-order valence-electron chi connectivity index (χ1n) is 5.63. The Morgan fingerprint density at radius 1 is 1.27 bits per heavy atom. The summed E-state index contributed by atoms with van der Waals surface area (Å²) in [5.41, 5.74) is 1.95. The van der Waals surface area contributed by atoms with Crippen LogP contribution in [0.2, 0.25) is 0 Å². The van der Waals surface area contributed by atoms with Crippen molar-refractivity contribution < 1.29 is 4.39 Å². The molecule has 0 saturated carbocycles. The third kappa shape index (κ3) is 2.31. The minimum atomic E-state index is -1.25. The second-order valence-corrected chi connectivity index (χ2v) is 4.73. The number of aryl methyl sites for hydroxylation is 1. The van der Waals surface area contributed by atoms with Crippen LogP contribution >= 0.6 is 0 Å². The van der Waals surface area contributed by atoms with E-state index in [9.17, 15) is 4.39 Å². The number of hydrogen-bond acceptors (Lipinski definition) is 1. The summed E-state index contributed by atoms with van der Waals surface area (Å²) in [6, 6.07) is 5.93. The fraction of sp³-hybridized carbons (Fsp3) is 0.538. The molecule has 15 heavy (non-hydrogen) atoms. The number of hydrogen-bond donors (Lipinski definition) is 1. The molecule has 0 atom stereocenters. The van der Waals surface area contributed by atoms with E-state index in [-0.39, 0.29) is 0 Å². The van der Waals surface area contributed by atoms with Crippen LogP contribution < -0.4 is 5.32 Å². The van der Waals surface area contributed by atoms with Gasteiger partial charge in [-0.05, 0) is 50.3 Å². The monoisotopic (exact) mass is 207 g/mol. The average molecular weight is 207 g/mol. The summed E-state index contributed by atoms with van der Waals surface area (Å²) in [4.78, 5) is 0.